The SMILES string of the molecule is COCCCc1ncc(CCCN)o1. The van der Waals surface area contributed by atoms with Gasteiger partial charge in [-0.3, -0.25) is 0 Å². The van der Waals surface area contributed by atoms with E-state index in [1.165, 1.54) is 0 Å². The molecule has 80 valence electrons. The molecule has 0 atom stereocenters. The summed E-state index contributed by atoms with van der Waals surface area (Å²) in [5.74, 6) is 1.73. The summed E-state index contributed by atoms with van der Waals surface area (Å²) >= 11 is 0. The highest BCUT2D eigenvalue weighted by Crippen LogP contribution is 2.07. The number of nitrogens with two attached hydrogens (primary N) is 1. The summed E-state index contributed by atoms with van der Waals surface area (Å²) in [4.78, 5) is 4.18. The lowest BCUT2D eigenvalue weighted by molar-refractivity contribution is 0.192. The summed E-state index contributed by atoms with van der Waals surface area (Å²) in [6, 6.07) is 0. The minimum Gasteiger partial charge on any atom is -0.446 e. The maximum atomic E-state index is 5.51. The van der Waals surface area contributed by atoms with Crippen LogP contribution in [0.4, 0.5) is 0 Å². The van der Waals surface area contributed by atoms with E-state index in [1.54, 1.807) is 13.3 Å². The van der Waals surface area contributed by atoms with Crippen molar-refractivity contribution in [2.45, 2.75) is 25.7 Å². The zero-order valence-corrected chi connectivity index (χ0v) is 8.66. The van der Waals surface area contributed by atoms with Crippen LogP contribution in [-0.2, 0) is 17.6 Å². The van der Waals surface area contributed by atoms with Crippen molar-refractivity contribution >= 4 is 0 Å². The third-order valence-corrected chi connectivity index (χ3v) is 1.97. The normalized spacial score (nSPS) is 10.7. The smallest absolute Gasteiger partial charge is 0.194 e. The molecule has 0 saturated carbocycles. The monoisotopic (exact) mass is 198 g/mol. The first-order valence-corrected chi connectivity index (χ1v) is 4.99. The first kappa shape index (κ1) is 11.2. The van der Waals surface area contributed by atoms with Gasteiger partial charge in [0.05, 0.1) is 6.20 Å². The Morgan fingerprint density at radius 3 is 3.00 bits per heavy atom. The molecule has 4 nitrogen and oxygen atoms in total. The Morgan fingerprint density at radius 1 is 1.43 bits per heavy atom. The van der Waals surface area contributed by atoms with E-state index in [9.17, 15) is 0 Å². The second-order valence-electron chi connectivity index (χ2n) is 3.21. The average molecular weight is 198 g/mol. The Morgan fingerprint density at radius 2 is 2.29 bits per heavy atom. The van der Waals surface area contributed by atoms with Gasteiger partial charge in [0.15, 0.2) is 5.89 Å². The molecule has 0 saturated heterocycles. The molecule has 4 heteroatoms. The number of hydrogen-bond acceptors (Lipinski definition) is 4. The Bertz CT molecular complexity index is 248. The lowest BCUT2D eigenvalue weighted by Gasteiger charge is -1.95. The van der Waals surface area contributed by atoms with Gasteiger partial charge in [-0.15, -0.1) is 0 Å². The van der Waals surface area contributed by atoms with Crippen LogP contribution in [0.15, 0.2) is 10.6 Å². The first-order chi connectivity index (χ1) is 6.86. The summed E-state index contributed by atoms with van der Waals surface area (Å²) < 4.78 is 10.5. The van der Waals surface area contributed by atoms with E-state index < -0.39 is 0 Å². The predicted molar refractivity (Wildman–Crippen MR) is 54.1 cm³/mol. The second-order valence-corrected chi connectivity index (χ2v) is 3.21. The van der Waals surface area contributed by atoms with E-state index >= 15 is 0 Å². The first-order valence-electron chi connectivity index (χ1n) is 4.99. The molecule has 0 spiro atoms. The molecule has 1 rings (SSSR count). The Labute approximate surface area is 84.5 Å². The lowest BCUT2D eigenvalue weighted by Crippen LogP contribution is -1.99. The molecule has 1 aromatic rings. The highest BCUT2D eigenvalue weighted by atomic mass is 16.5. The number of ether oxygens (including phenoxy) is 1. The highest BCUT2D eigenvalue weighted by Gasteiger charge is 2.02. The van der Waals surface area contributed by atoms with Crippen molar-refractivity contribution in [1.29, 1.82) is 0 Å². The molecule has 0 bridgehead atoms. The van der Waals surface area contributed by atoms with Crippen LogP contribution in [0.5, 0.6) is 0 Å². The van der Waals surface area contributed by atoms with Gasteiger partial charge >= 0.3 is 0 Å². The average Bonchev–Trinajstić information content (AvgIpc) is 2.63. The van der Waals surface area contributed by atoms with E-state index in [0.29, 0.717) is 6.54 Å². The fraction of sp³-hybridized carbons (Fsp3) is 0.700. The van der Waals surface area contributed by atoms with Gasteiger partial charge in [-0.05, 0) is 19.4 Å². The second kappa shape index (κ2) is 6.56. The molecule has 0 fully saturated rings. The van der Waals surface area contributed by atoms with Crippen LogP contribution in [0, 0.1) is 0 Å². The largest absolute Gasteiger partial charge is 0.446 e. The molecule has 0 amide bonds. The van der Waals surface area contributed by atoms with Crippen molar-refractivity contribution in [2.24, 2.45) is 5.73 Å². The number of hydrogen-bond donors (Lipinski definition) is 1. The van der Waals surface area contributed by atoms with Crippen molar-refractivity contribution in [2.75, 3.05) is 20.3 Å². The number of nitrogens with zero attached hydrogens (tertiary/aromatic N) is 1. The lowest BCUT2D eigenvalue weighted by atomic mass is 10.3. The van der Waals surface area contributed by atoms with E-state index in [-0.39, 0.29) is 0 Å². The zero-order valence-electron chi connectivity index (χ0n) is 8.66. The molecule has 0 unspecified atom stereocenters. The quantitative estimate of drug-likeness (QED) is 0.667. The maximum Gasteiger partial charge on any atom is 0.194 e. The number of aromatic nitrogens is 1. The minimum absolute atomic E-state index is 0.694. The van der Waals surface area contributed by atoms with E-state index in [1.807, 2.05) is 0 Å². The fourth-order valence-electron chi connectivity index (χ4n) is 1.22. The van der Waals surface area contributed by atoms with Gasteiger partial charge in [0.1, 0.15) is 5.76 Å². The fourth-order valence-corrected chi connectivity index (χ4v) is 1.22. The maximum absolute atomic E-state index is 5.51. The third kappa shape index (κ3) is 3.89. The van der Waals surface area contributed by atoms with E-state index in [2.05, 4.69) is 4.98 Å². The third-order valence-electron chi connectivity index (χ3n) is 1.97. The van der Waals surface area contributed by atoms with E-state index in [0.717, 1.165) is 43.9 Å². The number of oxazole rings is 1. The van der Waals surface area contributed by atoms with Gasteiger partial charge in [0, 0.05) is 26.6 Å². The van der Waals surface area contributed by atoms with Crippen LogP contribution in [0.2, 0.25) is 0 Å². The van der Waals surface area contributed by atoms with Crippen molar-refractivity contribution in [1.82, 2.24) is 4.98 Å². The summed E-state index contributed by atoms with van der Waals surface area (Å²) in [5, 5.41) is 0. The summed E-state index contributed by atoms with van der Waals surface area (Å²) in [7, 11) is 1.70. The Kier molecular flexibility index (Phi) is 5.25. The Hall–Kier alpha value is -0.870. The van der Waals surface area contributed by atoms with Gasteiger partial charge in [-0.2, -0.15) is 0 Å². The van der Waals surface area contributed by atoms with Crippen LogP contribution in [0.25, 0.3) is 0 Å². The zero-order chi connectivity index (χ0) is 10.2. The van der Waals surface area contributed by atoms with Gasteiger partial charge < -0.3 is 14.9 Å². The Balaban J connectivity index is 2.27. The van der Waals surface area contributed by atoms with E-state index in [4.69, 9.17) is 14.9 Å². The molecular weight excluding hydrogens is 180 g/mol. The highest BCUT2D eigenvalue weighted by molar-refractivity contribution is 4.94. The topological polar surface area (TPSA) is 61.3 Å². The molecule has 0 radical (unpaired) electrons. The van der Waals surface area contributed by atoms with Crippen LogP contribution in [0.3, 0.4) is 0 Å². The number of rotatable bonds is 7. The number of methoxy groups -OCH3 is 1. The van der Waals surface area contributed by atoms with Gasteiger partial charge in [0.25, 0.3) is 0 Å². The van der Waals surface area contributed by atoms with Crippen LogP contribution >= 0.6 is 0 Å². The minimum atomic E-state index is 0.694. The molecule has 14 heavy (non-hydrogen) atoms. The molecule has 1 aromatic heterocycles. The molecule has 0 aliphatic heterocycles. The molecule has 0 aliphatic rings. The molecule has 2 N–H and O–H groups in total. The molecule has 0 aliphatic carbocycles. The predicted octanol–water partition coefficient (Wildman–Crippen LogP) is 1.14. The van der Waals surface area contributed by atoms with Gasteiger partial charge in [0.2, 0.25) is 0 Å². The number of aryl methyl sites for hydroxylation is 2. The van der Waals surface area contributed by atoms with Crippen molar-refractivity contribution in [3.63, 3.8) is 0 Å². The van der Waals surface area contributed by atoms with Gasteiger partial charge in [-0.25, -0.2) is 4.98 Å². The molecular formula is C10H18N2O2. The molecule has 0 aromatic carbocycles. The van der Waals surface area contributed by atoms with Crippen LogP contribution in [-0.4, -0.2) is 25.2 Å². The standard InChI is InChI=1S/C10H18N2O2/c1-13-7-3-5-10-12-8-9(14-10)4-2-6-11/h8H,2-7,11H2,1H3. The summed E-state index contributed by atoms with van der Waals surface area (Å²) in [5.41, 5.74) is 5.40. The van der Waals surface area contributed by atoms with Crippen molar-refractivity contribution < 1.29 is 9.15 Å². The van der Waals surface area contributed by atoms with Crippen molar-refractivity contribution in [3.8, 4) is 0 Å². The van der Waals surface area contributed by atoms with Crippen LogP contribution in [0.1, 0.15) is 24.5 Å². The van der Waals surface area contributed by atoms with Crippen molar-refractivity contribution in [3.05, 3.63) is 17.8 Å². The van der Waals surface area contributed by atoms with Crippen LogP contribution < -0.4 is 5.73 Å². The van der Waals surface area contributed by atoms with Gasteiger partial charge in [-0.1, -0.05) is 0 Å². The summed E-state index contributed by atoms with van der Waals surface area (Å²) in [6.07, 6.45) is 5.42. The summed E-state index contributed by atoms with van der Waals surface area (Å²) in [6.45, 7) is 1.44. The molecule has 1 heterocycles.